The molecule has 21 nitrogen and oxygen atoms in total. The molecule has 0 bridgehead atoms. The van der Waals surface area contributed by atoms with E-state index in [2.05, 4.69) is 47.7 Å². The minimum Gasteiger partial charge on any atom is -0.382 e. The van der Waals surface area contributed by atoms with Gasteiger partial charge < -0.3 is 40.2 Å². The number of imide groups is 2. The van der Waals surface area contributed by atoms with Gasteiger partial charge in [0.1, 0.15) is 12.1 Å². The third-order valence-corrected chi connectivity index (χ3v) is 11.4. The Morgan fingerprint density at radius 1 is 0.815 bits per heavy atom. The van der Waals surface area contributed by atoms with Gasteiger partial charge in [-0.05, 0) is 50.3 Å². The maximum absolute atomic E-state index is 13.4. The van der Waals surface area contributed by atoms with Crippen LogP contribution in [0.1, 0.15) is 75.2 Å². The minimum absolute atomic E-state index is 0.0516. The summed E-state index contributed by atoms with van der Waals surface area (Å²) in [4.78, 5) is 86.0. The molecule has 4 aromatic rings. The van der Waals surface area contributed by atoms with E-state index in [0.717, 1.165) is 17.7 Å². The Hall–Kier alpha value is -6.86. The number of pyridine rings is 2. The van der Waals surface area contributed by atoms with E-state index < -0.39 is 29.7 Å². The number of carbonyl (C=O) groups excluding carboxylic acids is 6. The lowest BCUT2D eigenvalue weighted by atomic mass is 9.79. The van der Waals surface area contributed by atoms with Gasteiger partial charge in [0.2, 0.25) is 17.7 Å². The SMILES string of the molecule is N#Cc1cnc2c(cnn2-c2cc(NC3CC3)c(C(=O)N[C@H]3C[C@H](C(=O)NCCOCCOCCOCCOCCNc4cccc5c4C(=O)N(C4CCC(=O)NC4=O)C5=O)C3)cn2)c1. The van der Waals surface area contributed by atoms with E-state index in [1.807, 2.05) is 0 Å². The molecule has 1 saturated heterocycles. The number of fused-ring (bicyclic) bond motifs is 2. The van der Waals surface area contributed by atoms with Crippen molar-refractivity contribution >= 4 is 57.9 Å². The number of rotatable bonds is 23. The Balaban J connectivity index is 0.635. The smallest absolute Gasteiger partial charge is 0.264 e. The molecular formula is C44H49N11O10. The Labute approximate surface area is 372 Å². The lowest BCUT2D eigenvalue weighted by Crippen LogP contribution is -2.54. The summed E-state index contributed by atoms with van der Waals surface area (Å²) in [5.74, 6) is -2.28. The molecule has 21 heteroatoms. The zero-order chi connectivity index (χ0) is 45.3. The molecule has 8 rings (SSSR count). The topological polar surface area (TPSA) is 270 Å². The Bertz CT molecular complexity index is 2500. The van der Waals surface area contributed by atoms with Gasteiger partial charge in [0.15, 0.2) is 11.5 Å². The first kappa shape index (κ1) is 44.7. The molecule has 3 aromatic heterocycles. The summed E-state index contributed by atoms with van der Waals surface area (Å²) in [7, 11) is 0. The average molecular weight is 892 g/mol. The van der Waals surface area contributed by atoms with E-state index in [1.54, 1.807) is 41.2 Å². The minimum atomic E-state index is -1.03. The molecule has 4 aliphatic rings. The maximum atomic E-state index is 13.4. The number of piperidine rings is 1. The van der Waals surface area contributed by atoms with Crippen molar-refractivity contribution in [3.63, 3.8) is 0 Å². The first-order valence-corrected chi connectivity index (χ1v) is 21.7. The molecule has 5 heterocycles. The maximum Gasteiger partial charge on any atom is 0.264 e. The summed E-state index contributed by atoms with van der Waals surface area (Å²) >= 11 is 0. The summed E-state index contributed by atoms with van der Waals surface area (Å²) in [6.45, 7) is 3.50. The fourth-order valence-electron chi connectivity index (χ4n) is 7.74. The monoisotopic (exact) mass is 891 g/mol. The zero-order valence-corrected chi connectivity index (χ0v) is 35.5. The molecule has 340 valence electrons. The second-order valence-corrected chi connectivity index (χ2v) is 16.0. The molecule has 2 aliphatic carbocycles. The molecule has 0 radical (unpaired) electrons. The Morgan fingerprint density at radius 3 is 2.25 bits per heavy atom. The number of amides is 6. The first-order valence-electron chi connectivity index (χ1n) is 21.7. The number of nitriles is 1. The number of hydrogen-bond acceptors (Lipinski definition) is 16. The Morgan fingerprint density at radius 2 is 1.54 bits per heavy atom. The van der Waals surface area contributed by atoms with Crippen LogP contribution in [0.25, 0.3) is 16.9 Å². The van der Waals surface area contributed by atoms with Gasteiger partial charge in [-0.25, -0.2) is 9.97 Å². The van der Waals surface area contributed by atoms with Crippen molar-refractivity contribution < 1.29 is 47.7 Å². The fourth-order valence-corrected chi connectivity index (χ4v) is 7.74. The molecular weight excluding hydrogens is 843 g/mol. The van der Waals surface area contributed by atoms with Gasteiger partial charge in [-0.1, -0.05) is 6.07 Å². The van der Waals surface area contributed by atoms with Crippen LogP contribution in [0.4, 0.5) is 11.4 Å². The van der Waals surface area contributed by atoms with Crippen LogP contribution >= 0.6 is 0 Å². The van der Waals surface area contributed by atoms with Gasteiger partial charge in [0.25, 0.3) is 17.7 Å². The van der Waals surface area contributed by atoms with E-state index in [1.165, 1.54) is 12.4 Å². The molecule has 2 saturated carbocycles. The molecule has 0 spiro atoms. The lowest BCUT2D eigenvalue weighted by Gasteiger charge is -2.34. The number of hydrogen-bond donors (Lipinski definition) is 5. The van der Waals surface area contributed by atoms with Gasteiger partial charge in [0, 0.05) is 67.0 Å². The first-order chi connectivity index (χ1) is 31.7. The van der Waals surface area contributed by atoms with Crippen LogP contribution in [0.3, 0.4) is 0 Å². The highest BCUT2D eigenvalue weighted by atomic mass is 16.6. The van der Waals surface area contributed by atoms with Crippen molar-refractivity contribution in [1.82, 2.24) is 40.6 Å². The van der Waals surface area contributed by atoms with E-state index in [9.17, 15) is 34.0 Å². The van der Waals surface area contributed by atoms with Gasteiger partial charge in [-0.15, -0.1) is 0 Å². The zero-order valence-electron chi connectivity index (χ0n) is 35.5. The number of benzene rings is 1. The van der Waals surface area contributed by atoms with E-state index >= 15 is 0 Å². The number of ether oxygens (including phenoxy) is 4. The highest BCUT2D eigenvalue weighted by Crippen LogP contribution is 2.33. The highest BCUT2D eigenvalue weighted by Gasteiger charge is 2.45. The quantitative estimate of drug-likeness (QED) is 0.0521. The van der Waals surface area contributed by atoms with Crippen LogP contribution in [0.15, 0.2) is 48.9 Å². The van der Waals surface area contributed by atoms with Gasteiger partial charge in [-0.3, -0.25) is 39.0 Å². The number of aromatic nitrogens is 4. The second-order valence-electron chi connectivity index (χ2n) is 16.0. The highest BCUT2D eigenvalue weighted by molar-refractivity contribution is 6.25. The van der Waals surface area contributed by atoms with Crippen molar-refractivity contribution in [3.8, 4) is 11.9 Å². The predicted octanol–water partition coefficient (Wildman–Crippen LogP) is 1.47. The largest absolute Gasteiger partial charge is 0.382 e. The number of anilines is 2. The second kappa shape index (κ2) is 20.8. The molecule has 1 aromatic carbocycles. The van der Waals surface area contributed by atoms with Crippen molar-refractivity contribution in [3.05, 3.63) is 71.2 Å². The van der Waals surface area contributed by atoms with Crippen molar-refractivity contribution in [2.45, 2.75) is 56.7 Å². The average Bonchev–Trinajstić information content (AvgIpc) is 3.95. The molecule has 6 amide bonds. The van der Waals surface area contributed by atoms with E-state index in [-0.39, 0.29) is 53.8 Å². The number of nitrogens with zero attached hydrogens (tertiary/aromatic N) is 6. The predicted molar refractivity (Wildman–Crippen MR) is 230 cm³/mol. The summed E-state index contributed by atoms with van der Waals surface area (Å²) in [6.07, 6.45) is 7.85. The molecule has 1 atom stereocenters. The fraction of sp³-hybridized carbons (Fsp3) is 0.455. The molecule has 5 N–H and O–H groups in total. The number of carbonyl (C=O) groups is 6. The molecule has 2 aliphatic heterocycles. The van der Waals surface area contributed by atoms with Crippen molar-refractivity contribution in [2.24, 2.45) is 5.92 Å². The van der Waals surface area contributed by atoms with E-state index in [0.29, 0.717) is 118 Å². The van der Waals surface area contributed by atoms with Crippen LogP contribution in [-0.4, -0.2) is 144 Å². The van der Waals surface area contributed by atoms with Gasteiger partial charge in [0.05, 0.1) is 87.0 Å². The summed E-state index contributed by atoms with van der Waals surface area (Å²) in [5, 5.41) is 29.0. The molecule has 1 unspecified atom stereocenters. The van der Waals surface area contributed by atoms with Crippen LogP contribution in [0.5, 0.6) is 0 Å². The molecule has 3 fully saturated rings. The van der Waals surface area contributed by atoms with Gasteiger partial charge in [-0.2, -0.15) is 15.0 Å². The van der Waals surface area contributed by atoms with Crippen molar-refractivity contribution in [1.29, 1.82) is 5.26 Å². The number of nitrogens with one attached hydrogen (secondary N) is 5. The van der Waals surface area contributed by atoms with Crippen LogP contribution in [0, 0.1) is 17.2 Å². The lowest BCUT2D eigenvalue weighted by molar-refractivity contribution is -0.136. The normalized spacial score (nSPS) is 19.1. The Kier molecular flexibility index (Phi) is 14.3. The van der Waals surface area contributed by atoms with Crippen LogP contribution < -0.4 is 26.6 Å². The summed E-state index contributed by atoms with van der Waals surface area (Å²) < 4.78 is 23.8. The summed E-state index contributed by atoms with van der Waals surface area (Å²) in [5.41, 5.74) is 2.89. The summed E-state index contributed by atoms with van der Waals surface area (Å²) in [6, 6.07) is 9.56. The third kappa shape index (κ3) is 10.7. The van der Waals surface area contributed by atoms with Crippen LogP contribution in [-0.2, 0) is 33.3 Å². The van der Waals surface area contributed by atoms with Crippen molar-refractivity contribution in [2.75, 3.05) is 76.6 Å². The van der Waals surface area contributed by atoms with E-state index in [4.69, 9.17) is 18.9 Å². The van der Waals surface area contributed by atoms with Gasteiger partial charge >= 0.3 is 0 Å². The standard InChI is InChI=1S/C44H49N11O10/c45-22-26-18-28-24-50-55(39(28)49-23-26)36-21-34(51-29-4-5-29)32(25-48-36)41(58)52-30-19-27(20-30)40(57)47-9-11-63-13-15-65-17-16-64-14-12-62-10-8-46-33-3-1-2-31-38(33)44(61)54(43(31)60)35-6-7-37(56)53-42(35)59/h1-3,18,21,23-25,27,29-30,35,46H,4-17,19-20H2,(H,47,57)(H,48,51)(H,52,58)(H,53,56,59)/t27-,30-,35?. The molecule has 65 heavy (non-hydrogen) atoms. The third-order valence-electron chi connectivity index (χ3n) is 11.4. The van der Waals surface area contributed by atoms with Crippen LogP contribution in [0.2, 0.25) is 0 Å².